The van der Waals surface area contributed by atoms with Crippen molar-refractivity contribution < 1.29 is 8.42 Å². The second-order valence-corrected chi connectivity index (χ2v) is 7.38. The zero-order chi connectivity index (χ0) is 12.0. The highest BCUT2D eigenvalue weighted by Crippen LogP contribution is 2.25. The van der Waals surface area contributed by atoms with Crippen LogP contribution in [0.4, 0.5) is 0 Å². The summed E-state index contributed by atoms with van der Waals surface area (Å²) in [5, 5.41) is 3.36. The monoisotopic (exact) mass is 247 g/mol. The fourth-order valence-electron chi connectivity index (χ4n) is 2.45. The lowest BCUT2D eigenvalue weighted by Crippen LogP contribution is -2.36. The maximum atomic E-state index is 11.0. The normalized spacial score (nSPS) is 21.6. The van der Waals surface area contributed by atoms with Crippen LogP contribution in [0, 0.1) is 5.92 Å². The lowest BCUT2D eigenvalue weighted by atomic mass is 9.93. The minimum Gasteiger partial charge on any atom is -0.313 e. The zero-order valence-corrected chi connectivity index (χ0v) is 11.4. The Hall–Kier alpha value is -0.0900. The molecule has 0 heterocycles. The van der Waals surface area contributed by atoms with Crippen LogP contribution in [0.15, 0.2) is 0 Å². The minimum absolute atomic E-state index is 0.254. The topological polar surface area (TPSA) is 46.2 Å². The Morgan fingerprint density at radius 3 is 2.25 bits per heavy atom. The van der Waals surface area contributed by atoms with Crippen molar-refractivity contribution in [3.8, 4) is 0 Å². The van der Waals surface area contributed by atoms with Gasteiger partial charge in [-0.1, -0.05) is 25.7 Å². The van der Waals surface area contributed by atoms with E-state index in [-0.39, 0.29) is 5.75 Å². The minimum atomic E-state index is -2.82. The van der Waals surface area contributed by atoms with Gasteiger partial charge in [0.15, 0.2) is 0 Å². The van der Waals surface area contributed by atoms with Gasteiger partial charge in [0.05, 0.1) is 5.75 Å². The van der Waals surface area contributed by atoms with Gasteiger partial charge in [0, 0.05) is 18.8 Å². The van der Waals surface area contributed by atoms with Gasteiger partial charge in [-0.25, -0.2) is 8.42 Å². The molecule has 0 aromatic carbocycles. The summed E-state index contributed by atoms with van der Waals surface area (Å²) < 4.78 is 22.0. The van der Waals surface area contributed by atoms with Crippen molar-refractivity contribution in [3.63, 3.8) is 0 Å². The molecule has 0 aromatic rings. The standard InChI is InChI=1S/C12H25NO2S/c1-11(13-9-10-16(2,14)15)12-7-5-3-4-6-8-12/h11-13H,3-10H2,1-2H3/t11-/m1/s1. The average Bonchev–Trinajstić information content (AvgIpc) is 2.43. The van der Waals surface area contributed by atoms with Gasteiger partial charge >= 0.3 is 0 Å². The van der Waals surface area contributed by atoms with Crippen molar-refractivity contribution in [2.45, 2.75) is 51.5 Å². The molecule has 0 bridgehead atoms. The van der Waals surface area contributed by atoms with Crippen molar-refractivity contribution in [2.75, 3.05) is 18.6 Å². The van der Waals surface area contributed by atoms with Gasteiger partial charge in [-0.2, -0.15) is 0 Å². The van der Waals surface area contributed by atoms with E-state index >= 15 is 0 Å². The molecule has 0 amide bonds. The molecule has 1 fully saturated rings. The summed E-state index contributed by atoms with van der Waals surface area (Å²) in [7, 11) is -2.82. The molecule has 1 saturated carbocycles. The Bertz CT molecular complexity index is 279. The van der Waals surface area contributed by atoms with Crippen LogP contribution in [0.5, 0.6) is 0 Å². The summed E-state index contributed by atoms with van der Waals surface area (Å²) in [5.74, 6) is 0.992. The first kappa shape index (κ1) is 14.0. The molecule has 1 rings (SSSR count). The molecule has 16 heavy (non-hydrogen) atoms. The predicted molar refractivity (Wildman–Crippen MR) is 68.4 cm³/mol. The van der Waals surface area contributed by atoms with Gasteiger partial charge in [0.2, 0.25) is 0 Å². The summed E-state index contributed by atoms with van der Waals surface area (Å²) in [6, 6.07) is 0.458. The van der Waals surface area contributed by atoms with Crippen LogP contribution in [-0.4, -0.2) is 33.0 Å². The second-order valence-electron chi connectivity index (χ2n) is 5.12. The number of hydrogen-bond acceptors (Lipinski definition) is 3. The van der Waals surface area contributed by atoms with Crippen molar-refractivity contribution >= 4 is 9.84 Å². The SMILES string of the molecule is C[C@@H](NCCS(C)(=O)=O)C1CCCCCC1. The van der Waals surface area contributed by atoms with Gasteiger partial charge in [0.25, 0.3) is 0 Å². The average molecular weight is 247 g/mol. The van der Waals surface area contributed by atoms with Crippen LogP contribution in [-0.2, 0) is 9.84 Å². The first-order valence-electron chi connectivity index (χ1n) is 6.40. The smallest absolute Gasteiger partial charge is 0.148 e. The first-order chi connectivity index (χ1) is 7.49. The lowest BCUT2D eigenvalue weighted by molar-refractivity contribution is 0.343. The van der Waals surface area contributed by atoms with Crippen LogP contribution in [0.25, 0.3) is 0 Å². The molecule has 0 spiro atoms. The van der Waals surface area contributed by atoms with Crippen LogP contribution in [0.3, 0.4) is 0 Å². The van der Waals surface area contributed by atoms with E-state index in [2.05, 4.69) is 12.2 Å². The molecule has 4 heteroatoms. The largest absolute Gasteiger partial charge is 0.313 e. The molecule has 1 atom stereocenters. The first-order valence-corrected chi connectivity index (χ1v) is 8.46. The Morgan fingerprint density at radius 2 is 1.75 bits per heavy atom. The third-order valence-electron chi connectivity index (χ3n) is 3.55. The number of hydrogen-bond donors (Lipinski definition) is 1. The van der Waals surface area contributed by atoms with E-state index in [0.717, 1.165) is 5.92 Å². The summed E-state index contributed by atoms with van der Waals surface area (Å²) in [6.07, 6.45) is 9.30. The highest BCUT2D eigenvalue weighted by atomic mass is 32.2. The van der Waals surface area contributed by atoms with Crippen LogP contribution in [0.1, 0.15) is 45.4 Å². The Balaban J connectivity index is 2.25. The molecule has 0 saturated heterocycles. The molecular weight excluding hydrogens is 222 g/mol. The second kappa shape index (κ2) is 6.60. The van der Waals surface area contributed by atoms with Gasteiger partial charge < -0.3 is 5.32 Å². The molecule has 1 N–H and O–H groups in total. The molecule has 0 aromatic heterocycles. The van der Waals surface area contributed by atoms with E-state index < -0.39 is 9.84 Å². The van der Waals surface area contributed by atoms with Crippen LogP contribution >= 0.6 is 0 Å². The van der Waals surface area contributed by atoms with E-state index in [1.54, 1.807) is 0 Å². The Kier molecular flexibility index (Phi) is 5.76. The molecule has 3 nitrogen and oxygen atoms in total. The highest BCUT2D eigenvalue weighted by Gasteiger charge is 2.18. The Morgan fingerprint density at radius 1 is 1.19 bits per heavy atom. The number of sulfone groups is 1. The zero-order valence-electron chi connectivity index (χ0n) is 10.5. The summed E-state index contributed by atoms with van der Waals surface area (Å²) in [5.41, 5.74) is 0. The molecule has 0 radical (unpaired) electrons. The number of rotatable bonds is 5. The Labute approximate surface area is 99.9 Å². The molecule has 1 aliphatic rings. The quantitative estimate of drug-likeness (QED) is 0.756. The van der Waals surface area contributed by atoms with Crippen LogP contribution < -0.4 is 5.32 Å². The summed E-state index contributed by atoms with van der Waals surface area (Å²) in [6.45, 7) is 2.79. The summed E-state index contributed by atoms with van der Waals surface area (Å²) >= 11 is 0. The molecule has 96 valence electrons. The van der Waals surface area contributed by atoms with Gasteiger partial charge in [-0.05, 0) is 25.7 Å². The molecular formula is C12H25NO2S. The van der Waals surface area contributed by atoms with E-state index in [9.17, 15) is 8.42 Å². The highest BCUT2D eigenvalue weighted by molar-refractivity contribution is 7.90. The van der Waals surface area contributed by atoms with Crippen molar-refractivity contribution in [1.82, 2.24) is 5.32 Å². The molecule has 0 aliphatic heterocycles. The molecule has 0 unspecified atom stereocenters. The summed E-state index contributed by atoms with van der Waals surface area (Å²) in [4.78, 5) is 0. The van der Waals surface area contributed by atoms with Gasteiger partial charge in [0.1, 0.15) is 9.84 Å². The van der Waals surface area contributed by atoms with E-state index in [1.807, 2.05) is 0 Å². The van der Waals surface area contributed by atoms with E-state index in [4.69, 9.17) is 0 Å². The van der Waals surface area contributed by atoms with Crippen molar-refractivity contribution in [1.29, 1.82) is 0 Å². The lowest BCUT2D eigenvalue weighted by Gasteiger charge is -2.23. The third kappa shape index (κ3) is 5.85. The van der Waals surface area contributed by atoms with E-state index in [0.29, 0.717) is 12.6 Å². The van der Waals surface area contributed by atoms with E-state index in [1.165, 1.54) is 44.8 Å². The maximum absolute atomic E-state index is 11.0. The molecule has 1 aliphatic carbocycles. The van der Waals surface area contributed by atoms with Crippen molar-refractivity contribution in [3.05, 3.63) is 0 Å². The predicted octanol–water partition coefficient (Wildman–Crippen LogP) is 1.98. The van der Waals surface area contributed by atoms with Gasteiger partial charge in [-0.15, -0.1) is 0 Å². The number of nitrogens with one attached hydrogen (secondary N) is 1. The maximum Gasteiger partial charge on any atom is 0.148 e. The van der Waals surface area contributed by atoms with Crippen molar-refractivity contribution in [2.24, 2.45) is 5.92 Å². The third-order valence-corrected chi connectivity index (χ3v) is 4.49. The fourth-order valence-corrected chi connectivity index (χ4v) is 2.94. The van der Waals surface area contributed by atoms with Crippen LogP contribution in [0.2, 0.25) is 0 Å². The fraction of sp³-hybridized carbons (Fsp3) is 1.00. The van der Waals surface area contributed by atoms with Gasteiger partial charge in [-0.3, -0.25) is 0 Å².